The fraction of sp³-hybridized carbons (Fsp3) is 0.294. The van der Waals surface area contributed by atoms with Crippen LogP contribution in [0.15, 0.2) is 30.3 Å². The molecule has 2 aromatic rings. The van der Waals surface area contributed by atoms with Gasteiger partial charge < -0.3 is 10.5 Å². The van der Waals surface area contributed by atoms with Gasteiger partial charge in [-0.3, -0.25) is 4.79 Å². The minimum atomic E-state index is -0.591. The Morgan fingerprint density at radius 1 is 1.14 bits per heavy atom. The van der Waals surface area contributed by atoms with Crippen molar-refractivity contribution in [3.05, 3.63) is 51.9 Å². The first-order valence-corrected chi connectivity index (χ1v) is 7.74. The number of esters is 1. The quantitative estimate of drug-likeness (QED) is 0.690. The first kappa shape index (κ1) is 16.2. The van der Waals surface area contributed by atoms with Gasteiger partial charge in [0.1, 0.15) is 10.5 Å². The van der Waals surface area contributed by atoms with Crippen LogP contribution in [0.25, 0.3) is 0 Å². The molecular formula is C17H19NO3S. The summed E-state index contributed by atoms with van der Waals surface area (Å²) >= 11 is 1.10. The Morgan fingerprint density at radius 2 is 1.73 bits per heavy atom. The number of carbonyl (C=O) groups is 2. The molecule has 22 heavy (non-hydrogen) atoms. The maximum absolute atomic E-state index is 12.6. The highest BCUT2D eigenvalue weighted by molar-refractivity contribution is 7.18. The Bertz CT molecular complexity index is 711. The van der Waals surface area contributed by atoms with Crippen LogP contribution in [-0.2, 0) is 4.74 Å². The lowest BCUT2D eigenvalue weighted by Crippen LogP contribution is -2.23. The van der Waals surface area contributed by atoms with Crippen molar-refractivity contribution in [1.82, 2.24) is 0 Å². The van der Waals surface area contributed by atoms with Crippen LogP contribution in [0.4, 0.5) is 5.00 Å². The molecule has 2 N–H and O–H groups in total. The number of rotatable bonds is 3. The van der Waals surface area contributed by atoms with E-state index in [0.29, 0.717) is 26.6 Å². The van der Waals surface area contributed by atoms with Gasteiger partial charge in [-0.15, -0.1) is 11.3 Å². The van der Waals surface area contributed by atoms with Crippen LogP contribution in [0.2, 0.25) is 0 Å². The third kappa shape index (κ3) is 3.36. The van der Waals surface area contributed by atoms with Crippen LogP contribution in [0.1, 0.15) is 51.9 Å². The van der Waals surface area contributed by atoms with E-state index >= 15 is 0 Å². The Hall–Kier alpha value is -2.14. The van der Waals surface area contributed by atoms with Crippen molar-refractivity contribution in [2.45, 2.75) is 33.3 Å². The Labute approximate surface area is 133 Å². The van der Waals surface area contributed by atoms with Crippen molar-refractivity contribution < 1.29 is 14.3 Å². The van der Waals surface area contributed by atoms with Gasteiger partial charge in [0, 0.05) is 5.56 Å². The number of hydrogen-bond acceptors (Lipinski definition) is 5. The molecule has 0 fully saturated rings. The zero-order valence-corrected chi connectivity index (χ0v) is 13.9. The summed E-state index contributed by atoms with van der Waals surface area (Å²) in [5, 5.41) is 0.340. The fourth-order valence-corrected chi connectivity index (χ4v) is 3.02. The monoisotopic (exact) mass is 317 g/mol. The fourth-order valence-electron chi connectivity index (χ4n) is 2.07. The number of ketones is 1. The van der Waals surface area contributed by atoms with E-state index in [1.54, 1.807) is 52.0 Å². The molecule has 0 aliphatic heterocycles. The summed E-state index contributed by atoms with van der Waals surface area (Å²) in [7, 11) is 0. The maximum Gasteiger partial charge on any atom is 0.349 e. The van der Waals surface area contributed by atoms with Gasteiger partial charge in [0.05, 0.1) is 10.6 Å². The maximum atomic E-state index is 12.6. The molecule has 1 aromatic heterocycles. The molecule has 0 saturated heterocycles. The van der Waals surface area contributed by atoms with Crippen LogP contribution < -0.4 is 5.73 Å². The van der Waals surface area contributed by atoms with Gasteiger partial charge >= 0.3 is 5.97 Å². The van der Waals surface area contributed by atoms with Gasteiger partial charge in [0.15, 0.2) is 5.78 Å². The average molecular weight is 317 g/mol. The van der Waals surface area contributed by atoms with E-state index in [1.807, 2.05) is 6.07 Å². The molecule has 0 aliphatic carbocycles. The first-order chi connectivity index (χ1) is 10.2. The summed E-state index contributed by atoms with van der Waals surface area (Å²) in [5.41, 5.74) is 6.89. The molecular weight excluding hydrogens is 298 g/mol. The molecule has 0 radical (unpaired) electrons. The summed E-state index contributed by atoms with van der Waals surface area (Å²) in [6, 6.07) is 8.88. The summed E-state index contributed by atoms with van der Waals surface area (Å²) in [4.78, 5) is 25.2. The molecule has 0 bridgehead atoms. The van der Waals surface area contributed by atoms with Crippen LogP contribution in [0, 0.1) is 6.92 Å². The molecule has 0 amide bonds. The van der Waals surface area contributed by atoms with Gasteiger partial charge in [-0.25, -0.2) is 4.79 Å². The normalized spacial score (nSPS) is 11.3. The predicted molar refractivity (Wildman–Crippen MR) is 88.5 cm³/mol. The van der Waals surface area contributed by atoms with Crippen molar-refractivity contribution in [3.63, 3.8) is 0 Å². The second-order valence-corrected chi connectivity index (χ2v) is 7.04. The second kappa shape index (κ2) is 5.93. The van der Waals surface area contributed by atoms with E-state index in [1.165, 1.54) is 0 Å². The minimum absolute atomic E-state index is 0.179. The molecule has 0 spiro atoms. The van der Waals surface area contributed by atoms with Gasteiger partial charge in [0.25, 0.3) is 0 Å². The van der Waals surface area contributed by atoms with Gasteiger partial charge in [-0.2, -0.15) is 0 Å². The molecule has 0 unspecified atom stereocenters. The van der Waals surface area contributed by atoms with Crippen molar-refractivity contribution in [1.29, 1.82) is 0 Å². The topological polar surface area (TPSA) is 69.4 Å². The van der Waals surface area contributed by atoms with Gasteiger partial charge in [-0.1, -0.05) is 30.3 Å². The van der Waals surface area contributed by atoms with E-state index in [4.69, 9.17) is 10.5 Å². The zero-order chi connectivity index (χ0) is 16.5. The van der Waals surface area contributed by atoms with E-state index in [0.717, 1.165) is 11.3 Å². The molecule has 0 aliphatic rings. The summed E-state index contributed by atoms with van der Waals surface area (Å²) in [6.45, 7) is 7.12. The van der Waals surface area contributed by atoms with Crippen LogP contribution in [0.5, 0.6) is 0 Å². The van der Waals surface area contributed by atoms with E-state index in [2.05, 4.69) is 0 Å². The van der Waals surface area contributed by atoms with Crippen molar-refractivity contribution in [2.24, 2.45) is 0 Å². The van der Waals surface area contributed by atoms with Crippen LogP contribution >= 0.6 is 11.3 Å². The first-order valence-electron chi connectivity index (χ1n) is 6.92. The standard InChI is InChI=1S/C17H19NO3S/c1-10-12(13(19)11-8-6-5-7-9-11)15(18)22-14(10)16(20)21-17(2,3)4/h5-9H,18H2,1-4H3. The Kier molecular flexibility index (Phi) is 4.37. The Balaban J connectivity index is 2.40. The lowest BCUT2D eigenvalue weighted by Gasteiger charge is -2.19. The lowest BCUT2D eigenvalue weighted by atomic mass is 10.0. The smallest absolute Gasteiger partial charge is 0.349 e. The van der Waals surface area contributed by atoms with E-state index in [-0.39, 0.29) is 5.78 Å². The highest BCUT2D eigenvalue weighted by atomic mass is 32.1. The molecule has 5 heteroatoms. The number of nitrogens with two attached hydrogens (primary N) is 1. The zero-order valence-electron chi connectivity index (χ0n) is 13.1. The van der Waals surface area contributed by atoms with Crippen molar-refractivity contribution in [3.8, 4) is 0 Å². The second-order valence-electron chi connectivity index (χ2n) is 5.99. The molecule has 4 nitrogen and oxygen atoms in total. The summed E-state index contributed by atoms with van der Waals surface area (Å²) < 4.78 is 5.36. The van der Waals surface area contributed by atoms with Crippen molar-refractivity contribution in [2.75, 3.05) is 5.73 Å². The number of nitrogen functional groups attached to an aromatic ring is 1. The number of hydrogen-bond donors (Lipinski definition) is 1. The summed E-state index contributed by atoms with van der Waals surface area (Å²) in [5.74, 6) is -0.629. The van der Waals surface area contributed by atoms with Crippen LogP contribution in [0.3, 0.4) is 0 Å². The van der Waals surface area contributed by atoms with Crippen molar-refractivity contribution >= 4 is 28.1 Å². The third-order valence-corrected chi connectivity index (χ3v) is 4.12. The lowest BCUT2D eigenvalue weighted by molar-refractivity contribution is 0.00745. The molecule has 1 aromatic carbocycles. The number of carbonyl (C=O) groups excluding carboxylic acids is 2. The van der Waals surface area contributed by atoms with E-state index in [9.17, 15) is 9.59 Å². The number of benzene rings is 1. The van der Waals surface area contributed by atoms with E-state index < -0.39 is 11.6 Å². The third-order valence-electron chi connectivity index (χ3n) is 3.02. The average Bonchev–Trinajstić information content (AvgIpc) is 2.72. The van der Waals surface area contributed by atoms with Gasteiger partial charge in [-0.05, 0) is 33.3 Å². The molecule has 116 valence electrons. The van der Waals surface area contributed by atoms with Gasteiger partial charge in [0.2, 0.25) is 0 Å². The molecule has 1 heterocycles. The highest BCUT2D eigenvalue weighted by Crippen LogP contribution is 2.33. The number of ether oxygens (including phenoxy) is 1. The number of thiophene rings is 1. The molecule has 0 saturated carbocycles. The molecule has 0 atom stereocenters. The minimum Gasteiger partial charge on any atom is -0.456 e. The Morgan fingerprint density at radius 3 is 2.27 bits per heavy atom. The van der Waals surface area contributed by atoms with Crippen LogP contribution in [-0.4, -0.2) is 17.4 Å². The highest BCUT2D eigenvalue weighted by Gasteiger charge is 2.27. The molecule has 2 rings (SSSR count). The largest absolute Gasteiger partial charge is 0.456 e. The predicted octanol–water partition coefficient (Wildman–Crippen LogP) is 3.83. The number of anilines is 1. The summed E-state index contributed by atoms with van der Waals surface area (Å²) in [6.07, 6.45) is 0. The SMILES string of the molecule is Cc1c(C(=O)OC(C)(C)C)sc(N)c1C(=O)c1ccccc1.